The molecule has 3 atom stereocenters. The first kappa shape index (κ1) is 18.1. The van der Waals surface area contributed by atoms with E-state index in [4.69, 9.17) is 10.5 Å². The summed E-state index contributed by atoms with van der Waals surface area (Å²) in [6.45, 7) is 3.36. The van der Waals surface area contributed by atoms with Crippen molar-refractivity contribution in [2.24, 2.45) is 5.73 Å². The van der Waals surface area contributed by atoms with E-state index in [1.165, 1.54) is 6.92 Å². The fourth-order valence-electron chi connectivity index (χ4n) is 2.25. The quantitative estimate of drug-likeness (QED) is 0.557. The van der Waals surface area contributed by atoms with Crippen LogP contribution in [0.25, 0.3) is 0 Å². The van der Waals surface area contributed by atoms with Crippen LogP contribution in [0.5, 0.6) is 0 Å². The number of ether oxygens (including phenoxy) is 1. The summed E-state index contributed by atoms with van der Waals surface area (Å²) < 4.78 is 5.20. The lowest BCUT2D eigenvalue weighted by Gasteiger charge is -2.20. The van der Waals surface area contributed by atoms with Crippen molar-refractivity contribution in [1.29, 1.82) is 0 Å². The number of carbonyl (C=O) groups excluding carboxylic acids is 3. The zero-order chi connectivity index (χ0) is 17.7. The minimum atomic E-state index is -0.832. The highest BCUT2D eigenvalue weighted by atomic mass is 16.6. The highest BCUT2D eigenvalue weighted by molar-refractivity contribution is 5.97. The number of benzene rings is 1. The van der Waals surface area contributed by atoms with Gasteiger partial charge < -0.3 is 21.1 Å². The molecule has 4 N–H and O–H groups in total. The van der Waals surface area contributed by atoms with Gasteiger partial charge in [0.25, 0.3) is 0 Å². The molecule has 3 unspecified atom stereocenters. The highest BCUT2D eigenvalue weighted by Crippen LogP contribution is 2.29. The van der Waals surface area contributed by atoms with Crippen molar-refractivity contribution in [3.8, 4) is 0 Å². The summed E-state index contributed by atoms with van der Waals surface area (Å²) in [6.07, 6.45) is 0.367. The zero-order valence-corrected chi connectivity index (χ0v) is 13.9. The Kier molecular flexibility index (Phi) is 5.69. The van der Waals surface area contributed by atoms with Crippen LogP contribution in [0.3, 0.4) is 0 Å². The van der Waals surface area contributed by atoms with E-state index in [1.807, 2.05) is 30.3 Å². The maximum atomic E-state index is 12.6. The number of hydrogen-bond donors (Lipinski definition) is 3. The molecule has 0 saturated carbocycles. The molecule has 1 aliphatic rings. The summed E-state index contributed by atoms with van der Waals surface area (Å²) >= 11 is 0. The van der Waals surface area contributed by atoms with Gasteiger partial charge in [-0.3, -0.25) is 14.4 Å². The van der Waals surface area contributed by atoms with Crippen LogP contribution in [-0.4, -0.2) is 48.4 Å². The van der Waals surface area contributed by atoms with E-state index < -0.39 is 29.5 Å². The van der Waals surface area contributed by atoms with E-state index in [2.05, 4.69) is 10.6 Å². The summed E-state index contributed by atoms with van der Waals surface area (Å²) in [5, 5.41) is 5.11. The topological polar surface area (TPSA) is 114 Å². The van der Waals surface area contributed by atoms with E-state index in [9.17, 15) is 14.4 Å². The Hall–Kier alpha value is -2.25. The summed E-state index contributed by atoms with van der Waals surface area (Å²) in [6, 6.07) is 8.00. The van der Waals surface area contributed by atoms with E-state index in [0.29, 0.717) is 13.0 Å². The first-order valence-electron chi connectivity index (χ1n) is 7.87. The molecule has 0 radical (unpaired) electrons. The molecule has 1 aromatic rings. The molecule has 1 aromatic carbocycles. The maximum absolute atomic E-state index is 12.6. The fourth-order valence-corrected chi connectivity index (χ4v) is 2.25. The van der Waals surface area contributed by atoms with Crippen LogP contribution in [-0.2, 0) is 25.5 Å². The average Bonchev–Trinajstić information content (AvgIpc) is 3.31. The van der Waals surface area contributed by atoms with Crippen molar-refractivity contribution in [1.82, 2.24) is 10.6 Å². The maximum Gasteiger partial charge on any atom is 0.239 e. The fraction of sp³-hybridized carbons (Fsp3) is 0.471. The van der Waals surface area contributed by atoms with Gasteiger partial charge in [-0.05, 0) is 25.8 Å². The summed E-state index contributed by atoms with van der Waals surface area (Å²) in [5.41, 5.74) is 5.52. The van der Waals surface area contributed by atoms with Crippen molar-refractivity contribution in [3.63, 3.8) is 0 Å². The molecule has 0 spiro atoms. The second kappa shape index (κ2) is 7.55. The van der Waals surface area contributed by atoms with E-state index in [0.717, 1.165) is 5.56 Å². The SMILES string of the molecule is CC(N)C(=O)NCC(=O)NC(Cc1ccccc1)C(=O)C1(C)CO1. The smallest absolute Gasteiger partial charge is 0.239 e. The third-order valence-corrected chi connectivity index (χ3v) is 3.87. The largest absolute Gasteiger partial charge is 0.361 e. The third-order valence-electron chi connectivity index (χ3n) is 3.87. The average molecular weight is 333 g/mol. The highest BCUT2D eigenvalue weighted by Gasteiger charge is 2.49. The molecule has 7 nitrogen and oxygen atoms in total. The Morgan fingerprint density at radius 2 is 1.92 bits per heavy atom. The number of ketones is 1. The number of carbonyl (C=O) groups is 3. The molecule has 7 heteroatoms. The van der Waals surface area contributed by atoms with Crippen molar-refractivity contribution in [2.45, 2.75) is 38.0 Å². The van der Waals surface area contributed by atoms with Crippen LogP contribution in [0.15, 0.2) is 30.3 Å². The second-order valence-corrected chi connectivity index (χ2v) is 6.20. The molecule has 0 bridgehead atoms. The Morgan fingerprint density at radius 1 is 1.29 bits per heavy atom. The summed E-state index contributed by atoms with van der Waals surface area (Å²) in [7, 11) is 0. The number of amides is 2. The van der Waals surface area contributed by atoms with Crippen LogP contribution in [0.1, 0.15) is 19.4 Å². The van der Waals surface area contributed by atoms with Gasteiger partial charge in [-0.1, -0.05) is 30.3 Å². The number of hydrogen-bond acceptors (Lipinski definition) is 5. The van der Waals surface area contributed by atoms with E-state index in [1.54, 1.807) is 6.92 Å². The number of nitrogens with two attached hydrogens (primary N) is 1. The third kappa shape index (κ3) is 4.87. The van der Waals surface area contributed by atoms with Crippen LogP contribution in [0.2, 0.25) is 0 Å². The number of Topliss-reactive ketones (excluding diaryl/α,β-unsaturated/α-hetero) is 1. The Balaban J connectivity index is 1.99. The van der Waals surface area contributed by atoms with Gasteiger partial charge in [-0.15, -0.1) is 0 Å². The van der Waals surface area contributed by atoms with Gasteiger partial charge in [0, 0.05) is 0 Å². The molecule has 0 aliphatic carbocycles. The van der Waals surface area contributed by atoms with Gasteiger partial charge in [0.2, 0.25) is 11.8 Å². The first-order valence-corrected chi connectivity index (χ1v) is 7.87. The predicted octanol–water partition coefficient (Wildman–Crippen LogP) is -0.465. The summed E-state index contributed by atoms with van der Waals surface area (Å²) in [5.74, 6) is -1.03. The van der Waals surface area contributed by atoms with E-state index >= 15 is 0 Å². The molecule has 1 aliphatic heterocycles. The van der Waals surface area contributed by atoms with Gasteiger partial charge >= 0.3 is 0 Å². The molecule has 2 amide bonds. The molecule has 0 aromatic heterocycles. The van der Waals surface area contributed by atoms with Crippen LogP contribution < -0.4 is 16.4 Å². The van der Waals surface area contributed by atoms with Crippen molar-refractivity contribution < 1.29 is 19.1 Å². The molecule has 1 fully saturated rings. The minimum absolute atomic E-state index is 0.168. The zero-order valence-electron chi connectivity index (χ0n) is 13.9. The number of rotatable bonds is 8. The van der Waals surface area contributed by atoms with Gasteiger partial charge in [0.1, 0.15) is 5.60 Å². The van der Waals surface area contributed by atoms with E-state index in [-0.39, 0.29) is 12.3 Å². The standard InChI is InChI=1S/C17H23N3O4/c1-11(18)16(23)19-9-14(21)20-13(15(22)17(2)10-24-17)8-12-6-4-3-5-7-12/h3-7,11,13H,8-10,18H2,1-2H3,(H,19,23)(H,20,21). The Labute approximate surface area is 140 Å². The number of epoxide rings is 1. The van der Waals surface area contributed by atoms with Crippen LogP contribution >= 0.6 is 0 Å². The minimum Gasteiger partial charge on any atom is -0.361 e. The normalized spacial score (nSPS) is 21.5. The van der Waals surface area contributed by atoms with Crippen molar-refractivity contribution in [3.05, 3.63) is 35.9 Å². The molecule has 130 valence electrons. The molecule has 1 saturated heterocycles. The van der Waals surface area contributed by atoms with Gasteiger partial charge in [0.05, 0.1) is 25.2 Å². The Morgan fingerprint density at radius 3 is 2.46 bits per heavy atom. The predicted molar refractivity (Wildman–Crippen MR) is 88.1 cm³/mol. The van der Waals surface area contributed by atoms with Gasteiger partial charge in [-0.2, -0.15) is 0 Å². The van der Waals surface area contributed by atoms with Crippen LogP contribution in [0.4, 0.5) is 0 Å². The van der Waals surface area contributed by atoms with Crippen LogP contribution in [0, 0.1) is 0 Å². The lowest BCUT2D eigenvalue weighted by atomic mass is 9.95. The van der Waals surface area contributed by atoms with Gasteiger partial charge in [-0.25, -0.2) is 0 Å². The van der Waals surface area contributed by atoms with Crippen molar-refractivity contribution >= 4 is 17.6 Å². The monoisotopic (exact) mass is 333 g/mol. The lowest BCUT2D eigenvalue weighted by molar-refractivity contribution is -0.131. The molecule has 24 heavy (non-hydrogen) atoms. The molecular formula is C17H23N3O4. The first-order chi connectivity index (χ1) is 11.3. The van der Waals surface area contributed by atoms with Gasteiger partial charge in [0.15, 0.2) is 5.78 Å². The second-order valence-electron chi connectivity index (χ2n) is 6.20. The number of nitrogens with one attached hydrogen (secondary N) is 2. The summed E-state index contributed by atoms with van der Waals surface area (Å²) in [4.78, 5) is 36.1. The molecular weight excluding hydrogens is 310 g/mol. The van der Waals surface area contributed by atoms with Crippen molar-refractivity contribution in [2.75, 3.05) is 13.2 Å². The Bertz CT molecular complexity index is 612. The molecule has 1 heterocycles. The molecule has 2 rings (SSSR count). The lowest BCUT2D eigenvalue weighted by Crippen LogP contribution is -2.51.